The van der Waals surface area contributed by atoms with E-state index >= 15 is 0 Å². The Labute approximate surface area is 234 Å². The lowest BCUT2D eigenvalue weighted by Gasteiger charge is -2.36. The van der Waals surface area contributed by atoms with Crippen LogP contribution in [0.5, 0.6) is 5.75 Å². The standard InChI is InChI=1S/C33H46N2O4/c1-4-38-31-22-26(15-16-28(31)33(37)39-5-2)23-32(36)34-29(21-25-11-7-6-8-12-25)27-13-9-10-14-30(27)35-19-17-24(3)18-20-35/h9-10,13-16,22,24-25,29H,4-8,11-12,17-21,23H2,1-3H3,(H,34,36). The number of rotatable bonds is 11. The van der Waals surface area contributed by atoms with Gasteiger partial charge in [-0.25, -0.2) is 4.79 Å². The van der Waals surface area contributed by atoms with Crippen LogP contribution in [0.15, 0.2) is 42.5 Å². The maximum Gasteiger partial charge on any atom is 0.341 e. The maximum atomic E-state index is 13.5. The van der Waals surface area contributed by atoms with Crippen LogP contribution in [0.4, 0.5) is 5.69 Å². The predicted octanol–water partition coefficient (Wildman–Crippen LogP) is 6.87. The van der Waals surface area contributed by atoms with Gasteiger partial charge in [-0.3, -0.25) is 4.79 Å². The van der Waals surface area contributed by atoms with Crippen LogP contribution >= 0.6 is 0 Å². The highest BCUT2D eigenvalue weighted by Crippen LogP contribution is 2.36. The second kappa shape index (κ2) is 14.4. The first kappa shape index (κ1) is 29.0. The van der Waals surface area contributed by atoms with E-state index < -0.39 is 5.97 Å². The molecule has 0 spiro atoms. The highest BCUT2D eigenvalue weighted by molar-refractivity contribution is 5.93. The van der Waals surface area contributed by atoms with Crippen molar-refractivity contribution in [1.82, 2.24) is 5.32 Å². The molecule has 4 rings (SSSR count). The summed E-state index contributed by atoms with van der Waals surface area (Å²) in [5.41, 5.74) is 3.71. The highest BCUT2D eigenvalue weighted by Gasteiger charge is 2.26. The van der Waals surface area contributed by atoms with E-state index in [1.807, 2.05) is 13.0 Å². The number of carbonyl (C=O) groups is 2. The molecule has 2 aliphatic rings. The van der Waals surface area contributed by atoms with Crippen LogP contribution in [-0.2, 0) is 16.0 Å². The van der Waals surface area contributed by atoms with Crippen LogP contribution in [-0.4, -0.2) is 38.2 Å². The zero-order chi connectivity index (χ0) is 27.6. The summed E-state index contributed by atoms with van der Waals surface area (Å²) in [5, 5.41) is 3.43. The smallest absolute Gasteiger partial charge is 0.341 e. The molecule has 0 radical (unpaired) electrons. The Balaban J connectivity index is 1.54. The number of piperidine rings is 1. The number of amides is 1. The molecule has 1 amide bonds. The van der Waals surface area contributed by atoms with E-state index in [0.717, 1.165) is 31.0 Å². The third-order valence-electron chi connectivity index (χ3n) is 8.27. The molecule has 1 atom stereocenters. The van der Waals surface area contributed by atoms with Gasteiger partial charge >= 0.3 is 5.97 Å². The molecule has 6 heteroatoms. The molecule has 0 bridgehead atoms. The Morgan fingerprint density at radius 3 is 2.44 bits per heavy atom. The summed E-state index contributed by atoms with van der Waals surface area (Å²) >= 11 is 0. The predicted molar refractivity (Wildman–Crippen MR) is 156 cm³/mol. The molecule has 2 fully saturated rings. The van der Waals surface area contributed by atoms with E-state index in [2.05, 4.69) is 41.4 Å². The largest absolute Gasteiger partial charge is 0.493 e. The lowest BCUT2D eigenvalue weighted by molar-refractivity contribution is -0.121. The zero-order valence-corrected chi connectivity index (χ0v) is 24.0. The fraction of sp³-hybridized carbons (Fsp3) is 0.576. The van der Waals surface area contributed by atoms with Crippen molar-refractivity contribution in [3.8, 4) is 5.75 Å². The van der Waals surface area contributed by atoms with Gasteiger partial charge in [-0.15, -0.1) is 0 Å². The van der Waals surface area contributed by atoms with Gasteiger partial charge in [0.25, 0.3) is 0 Å². The fourth-order valence-corrected chi connectivity index (χ4v) is 6.10. The number of hydrogen-bond acceptors (Lipinski definition) is 5. The maximum absolute atomic E-state index is 13.5. The molecule has 1 saturated heterocycles. The molecular formula is C33H46N2O4. The minimum Gasteiger partial charge on any atom is -0.493 e. The molecule has 212 valence electrons. The van der Waals surface area contributed by atoms with E-state index in [1.165, 1.54) is 56.2 Å². The molecule has 1 N–H and O–H groups in total. The summed E-state index contributed by atoms with van der Waals surface area (Å²) in [6.45, 7) is 8.86. The van der Waals surface area contributed by atoms with Crippen molar-refractivity contribution in [1.29, 1.82) is 0 Å². The normalized spacial score (nSPS) is 17.5. The third kappa shape index (κ3) is 8.00. The molecule has 2 aromatic rings. The highest BCUT2D eigenvalue weighted by atomic mass is 16.5. The summed E-state index contributed by atoms with van der Waals surface area (Å²) in [7, 11) is 0. The minimum atomic E-state index is -0.409. The second-order valence-electron chi connectivity index (χ2n) is 11.2. The topological polar surface area (TPSA) is 67.9 Å². The molecule has 1 saturated carbocycles. The Kier molecular flexibility index (Phi) is 10.7. The average molecular weight is 535 g/mol. The van der Waals surface area contributed by atoms with Crippen LogP contribution in [0.2, 0.25) is 0 Å². The summed E-state index contributed by atoms with van der Waals surface area (Å²) in [4.78, 5) is 28.4. The molecule has 6 nitrogen and oxygen atoms in total. The van der Waals surface area contributed by atoms with Gasteiger partial charge in [-0.1, -0.05) is 63.3 Å². The minimum absolute atomic E-state index is 0.00999. The van der Waals surface area contributed by atoms with E-state index in [9.17, 15) is 9.59 Å². The van der Waals surface area contributed by atoms with Crippen LogP contribution in [0, 0.1) is 11.8 Å². The lowest BCUT2D eigenvalue weighted by atomic mass is 9.82. The summed E-state index contributed by atoms with van der Waals surface area (Å²) in [6.07, 6.45) is 9.97. The van der Waals surface area contributed by atoms with Crippen molar-refractivity contribution >= 4 is 17.6 Å². The van der Waals surface area contributed by atoms with Crippen molar-refractivity contribution in [2.24, 2.45) is 11.8 Å². The number of nitrogens with zero attached hydrogens (tertiary/aromatic N) is 1. The van der Waals surface area contributed by atoms with Gasteiger partial charge in [0, 0.05) is 18.8 Å². The lowest BCUT2D eigenvalue weighted by Crippen LogP contribution is -2.36. The SMILES string of the molecule is CCOC(=O)c1ccc(CC(=O)NC(CC2CCCCC2)c2ccccc2N2CCC(C)CC2)cc1OCC. The van der Waals surface area contributed by atoms with Crippen LogP contribution in [0.1, 0.15) is 99.7 Å². The Morgan fingerprint density at radius 2 is 1.72 bits per heavy atom. The van der Waals surface area contributed by atoms with Crippen LogP contribution < -0.4 is 15.0 Å². The van der Waals surface area contributed by atoms with Crippen molar-refractivity contribution in [3.05, 3.63) is 59.2 Å². The second-order valence-corrected chi connectivity index (χ2v) is 11.2. The average Bonchev–Trinajstić information content (AvgIpc) is 2.94. The molecule has 0 aromatic heterocycles. The van der Waals surface area contributed by atoms with Crippen molar-refractivity contribution in [2.75, 3.05) is 31.2 Å². The van der Waals surface area contributed by atoms with Gasteiger partial charge in [0.2, 0.25) is 5.91 Å². The van der Waals surface area contributed by atoms with Gasteiger partial charge in [0.05, 0.1) is 25.7 Å². The van der Waals surface area contributed by atoms with Gasteiger partial charge in [-0.2, -0.15) is 0 Å². The number of benzene rings is 2. The molecule has 1 aliphatic carbocycles. The van der Waals surface area contributed by atoms with Crippen molar-refractivity contribution in [2.45, 2.75) is 84.6 Å². The number of ether oxygens (including phenoxy) is 2. The summed E-state index contributed by atoms with van der Waals surface area (Å²) in [6, 6.07) is 14.0. The molecule has 2 aromatic carbocycles. The fourth-order valence-electron chi connectivity index (χ4n) is 6.10. The molecule has 1 aliphatic heterocycles. The summed E-state index contributed by atoms with van der Waals surface area (Å²) < 4.78 is 10.9. The van der Waals surface area contributed by atoms with E-state index in [1.54, 1.807) is 19.1 Å². The molecule has 1 unspecified atom stereocenters. The van der Waals surface area contributed by atoms with E-state index in [-0.39, 0.29) is 18.4 Å². The summed E-state index contributed by atoms with van der Waals surface area (Å²) in [5.74, 6) is 1.44. The molecule has 1 heterocycles. The molecule has 39 heavy (non-hydrogen) atoms. The Hall–Kier alpha value is -3.02. The van der Waals surface area contributed by atoms with Gasteiger partial charge < -0.3 is 19.7 Å². The first-order valence-electron chi connectivity index (χ1n) is 15.0. The van der Waals surface area contributed by atoms with Crippen LogP contribution in [0.3, 0.4) is 0 Å². The zero-order valence-electron chi connectivity index (χ0n) is 24.0. The first-order chi connectivity index (χ1) is 19.0. The Morgan fingerprint density at radius 1 is 0.974 bits per heavy atom. The number of carbonyl (C=O) groups excluding carboxylic acids is 2. The number of esters is 1. The Bertz CT molecular complexity index is 1090. The van der Waals surface area contributed by atoms with Crippen molar-refractivity contribution < 1.29 is 19.1 Å². The van der Waals surface area contributed by atoms with E-state index in [0.29, 0.717) is 30.4 Å². The van der Waals surface area contributed by atoms with Gasteiger partial charge in [-0.05, 0) is 74.3 Å². The quantitative estimate of drug-likeness (QED) is 0.319. The number of nitrogens with one attached hydrogen (secondary N) is 1. The van der Waals surface area contributed by atoms with Crippen LogP contribution in [0.25, 0.3) is 0 Å². The number of para-hydroxylation sites is 1. The first-order valence-corrected chi connectivity index (χ1v) is 15.0. The monoisotopic (exact) mass is 534 g/mol. The van der Waals surface area contributed by atoms with Gasteiger partial charge in [0.15, 0.2) is 0 Å². The van der Waals surface area contributed by atoms with E-state index in [4.69, 9.17) is 9.47 Å². The number of hydrogen-bond donors (Lipinski definition) is 1. The number of anilines is 1. The molecular weight excluding hydrogens is 488 g/mol. The van der Waals surface area contributed by atoms with Gasteiger partial charge in [0.1, 0.15) is 11.3 Å². The van der Waals surface area contributed by atoms with Crippen molar-refractivity contribution in [3.63, 3.8) is 0 Å². The third-order valence-corrected chi connectivity index (χ3v) is 8.27.